The summed E-state index contributed by atoms with van der Waals surface area (Å²) >= 11 is 6.17. The third-order valence-electron chi connectivity index (χ3n) is 5.97. The van der Waals surface area contributed by atoms with Crippen LogP contribution < -0.4 is 0 Å². The van der Waals surface area contributed by atoms with Crippen LogP contribution >= 0.6 is 11.6 Å². The van der Waals surface area contributed by atoms with Crippen molar-refractivity contribution in [1.29, 1.82) is 0 Å². The summed E-state index contributed by atoms with van der Waals surface area (Å²) in [4.78, 5) is 12.4. The molecule has 110 valence electrons. The lowest BCUT2D eigenvalue weighted by molar-refractivity contribution is -0.120. The van der Waals surface area contributed by atoms with E-state index in [1.165, 1.54) is 28.3 Å². The van der Waals surface area contributed by atoms with Crippen molar-refractivity contribution < 1.29 is 4.79 Å². The predicted octanol–water partition coefficient (Wildman–Crippen LogP) is 4.84. The van der Waals surface area contributed by atoms with Gasteiger partial charge in [-0.25, -0.2) is 0 Å². The van der Waals surface area contributed by atoms with E-state index in [9.17, 15) is 4.79 Å². The van der Waals surface area contributed by atoms with Gasteiger partial charge in [-0.15, -0.1) is 0 Å². The molecule has 22 heavy (non-hydrogen) atoms. The van der Waals surface area contributed by atoms with Gasteiger partial charge in [0.1, 0.15) is 5.78 Å². The molecule has 2 aromatic carbocycles. The van der Waals surface area contributed by atoms with Crippen LogP contribution in [0, 0.1) is 11.8 Å². The van der Waals surface area contributed by atoms with E-state index >= 15 is 0 Å². The molecule has 1 saturated carbocycles. The molecule has 0 amide bonds. The first-order valence-corrected chi connectivity index (χ1v) is 8.44. The Kier molecular flexibility index (Phi) is 2.48. The predicted molar refractivity (Wildman–Crippen MR) is 89.3 cm³/mol. The Balaban J connectivity index is 1.78. The standard InChI is InChI=1S/C20H17ClO/c21-17-4-2-13-6-15-8-18(22)11-20(19(15)9-14(13)7-17)10-12-1-3-16(20)5-12/h1-4,6-7,9,12,16H,5,8,10-11H2. The van der Waals surface area contributed by atoms with Crippen molar-refractivity contribution in [2.24, 2.45) is 11.8 Å². The summed E-state index contributed by atoms with van der Waals surface area (Å²) in [5.74, 6) is 1.61. The highest BCUT2D eigenvalue weighted by molar-refractivity contribution is 6.31. The second kappa shape index (κ2) is 4.23. The molecule has 3 atom stereocenters. The number of halogens is 1. The molecule has 2 heteroatoms. The van der Waals surface area contributed by atoms with Crippen LogP contribution in [0.1, 0.15) is 30.4 Å². The summed E-state index contributed by atoms with van der Waals surface area (Å²) in [6.07, 6.45) is 8.39. The minimum Gasteiger partial charge on any atom is -0.299 e. The van der Waals surface area contributed by atoms with E-state index < -0.39 is 0 Å². The van der Waals surface area contributed by atoms with Crippen molar-refractivity contribution in [3.63, 3.8) is 0 Å². The van der Waals surface area contributed by atoms with Gasteiger partial charge in [0.25, 0.3) is 0 Å². The SMILES string of the molecule is O=C1Cc2cc3ccc(Cl)cc3cc2C2(C1)CC1C=CC2C1. The maximum Gasteiger partial charge on any atom is 0.138 e. The minimum atomic E-state index is 0.0561. The Hall–Kier alpha value is -1.60. The van der Waals surface area contributed by atoms with E-state index in [0.717, 1.165) is 17.9 Å². The first-order valence-electron chi connectivity index (χ1n) is 8.07. The van der Waals surface area contributed by atoms with Crippen molar-refractivity contribution in [1.82, 2.24) is 0 Å². The van der Waals surface area contributed by atoms with Gasteiger partial charge in [-0.05, 0) is 58.7 Å². The molecule has 2 bridgehead atoms. The molecule has 3 aliphatic rings. The van der Waals surface area contributed by atoms with Gasteiger partial charge in [0.2, 0.25) is 0 Å². The first kappa shape index (κ1) is 12.9. The quantitative estimate of drug-likeness (QED) is 0.636. The van der Waals surface area contributed by atoms with E-state index in [2.05, 4.69) is 30.4 Å². The van der Waals surface area contributed by atoms with Gasteiger partial charge in [0, 0.05) is 23.3 Å². The molecule has 3 unspecified atom stereocenters. The number of hydrogen-bond acceptors (Lipinski definition) is 1. The molecule has 0 heterocycles. The van der Waals surface area contributed by atoms with E-state index in [4.69, 9.17) is 11.6 Å². The summed E-state index contributed by atoms with van der Waals surface area (Å²) in [7, 11) is 0. The lowest BCUT2D eigenvalue weighted by atomic mass is 9.62. The van der Waals surface area contributed by atoms with Gasteiger partial charge < -0.3 is 0 Å². The van der Waals surface area contributed by atoms with Gasteiger partial charge in [0.05, 0.1) is 0 Å². The largest absolute Gasteiger partial charge is 0.299 e. The van der Waals surface area contributed by atoms with Crippen LogP contribution in [0.25, 0.3) is 10.8 Å². The molecule has 2 aromatic rings. The number of carbonyl (C=O) groups excluding carboxylic acids is 1. The van der Waals surface area contributed by atoms with E-state index in [1.807, 2.05) is 12.1 Å². The van der Waals surface area contributed by atoms with Crippen molar-refractivity contribution in [3.8, 4) is 0 Å². The van der Waals surface area contributed by atoms with E-state index in [1.54, 1.807) is 0 Å². The van der Waals surface area contributed by atoms with Gasteiger partial charge in [0.15, 0.2) is 0 Å². The molecule has 1 nitrogen and oxygen atoms in total. The fourth-order valence-electron chi connectivity index (χ4n) is 5.12. The summed E-state index contributed by atoms with van der Waals surface area (Å²) < 4.78 is 0. The Bertz CT molecular complexity index is 850. The molecule has 0 saturated heterocycles. The van der Waals surface area contributed by atoms with E-state index in [-0.39, 0.29) is 5.41 Å². The average Bonchev–Trinajstić information content (AvgIpc) is 3.07. The summed E-state index contributed by atoms with van der Waals surface area (Å²) in [5.41, 5.74) is 2.71. The normalized spacial score (nSPS) is 32.1. The average molecular weight is 309 g/mol. The molecule has 1 spiro atoms. The number of fused-ring (bicyclic) bond motifs is 6. The Morgan fingerprint density at radius 1 is 1.09 bits per heavy atom. The Labute approximate surface area is 135 Å². The molecule has 0 N–H and O–H groups in total. The maximum atomic E-state index is 12.4. The van der Waals surface area contributed by atoms with Crippen LogP contribution in [0.4, 0.5) is 0 Å². The van der Waals surface area contributed by atoms with Gasteiger partial charge >= 0.3 is 0 Å². The zero-order chi connectivity index (χ0) is 14.9. The van der Waals surface area contributed by atoms with Gasteiger partial charge in [-0.2, -0.15) is 0 Å². The lowest BCUT2D eigenvalue weighted by Gasteiger charge is -2.40. The van der Waals surface area contributed by atoms with Crippen molar-refractivity contribution in [3.05, 3.63) is 58.6 Å². The number of Topliss-reactive ketones (excluding diaryl/α,β-unsaturated/α-hetero) is 1. The maximum absolute atomic E-state index is 12.4. The van der Waals surface area contributed by atoms with Crippen LogP contribution in [-0.4, -0.2) is 5.78 Å². The molecule has 0 aliphatic heterocycles. The molecule has 5 rings (SSSR count). The fourth-order valence-corrected chi connectivity index (χ4v) is 5.30. The van der Waals surface area contributed by atoms with Crippen molar-refractivity contribution >= 4 is 28.2 Å². The second-order valence-electron chi connectivity index (χ2n) is 7.24. The second-order valence-corrected chi connectivity index (χ2v) is 7.68. The lowest BCUT2D eigenvalue weighted by Crippen LogP contribution is -2.38. The number of hydrogen-bond donors (Lipinski definition) is 0. The number of rotatable bonds is 0. The van der Waals surface area contributed by atoms with Gasteiger partial charge in [-0.3, -0.25) is 4.79 Å². The Morgan fingerprint density at radius 2 is 2.00 bits per heavy atom. The monoisotopic (exact) mass is 308 g/mol. The number of allylic oxidation sites excluding steroid dienone is 2. The van der Waals surface area contributed by atoms with Crippen LogP contribution in [0.5, 0.6) is 0 Å². The highest BCUT2D eigenvalue weighted by Gasteiger charge is 2.52. The van der Waals surface area contributed by atoms with Crippen LogP contribution in [0.15, 0.2) is 42.5 Å². The number of carbonyl (C=O) groups is 1. The van der Waals surface area contributed by atoms with E-state index in [0.29, 0.717) is 24.0 Å². The molecule has 1 fully saturated rings. The number of benzene rings is 2. The summed E-state index contributed by atoms with van der Waals surface area (Å²) in [6.45, 7) is 0. The van der Waals surface area contributed by atoms with Crippen LogP contribution in [-0.2, 0) is 16.6 Å². The molecule has 0 aromatic heterocycles. The highest BCUT2D eigenvalue weighted by atomic mass is 35.5. The first-order chi connectivity index (χ1) is 10.6. The molecular formula is C20H17ClO. The van der Waals surface area contributed by atoms with Crippen molar-refractivity contribution in [2.75, 3.05) is 0 Å². The number of ketones is 1. The zero-order valence-electron chi connectivity index (χ0n) is 12.3. The zero-order valence-corrected chi connectivity index (χ0v) is 13.1. The van der Waals surface area contributed by atoms with Crippen LogP contribution in [0.2, 0.25) is 5.02 Å². The van der Waals surface area contributed by atoms with Crippen LogP contribution in [0.3, 0.4) is 0 Å². The molecular weight excluding hydrogens is 292 g/mol. The topological polar surface area (TPSA) is 17.1 Å². The molecule has 0 radical (unpaired) electrons. The smallest absolute Gasteiger partial charge is 0.138 e. The summed E-state index contributed by atoms with van der Waals surface area (Å²) in [5, 5.41) is 3.17. The summed E-state index contributed by atoms with van der Waals surface area (Å²) in [6, 6.07) is 10.6. The Morgan fingerprint density at radius 3 is 2.77 bits per heavy atom. The minimum absolute atomic E-state index is 0.0561. The van der Waals surface area contributed by atoms with Crippen molar-refractivity contribution in [2.45, 2.75) is 31.1 Å². The third kappa shape index (κ3) is 1.63. The highest BCUT2D eigenvalue weighted by Crippen LogP contribution is 2.57. The van der Waals surface area contributed by atoms with Gasteiger partial charge in [-0.1, -0.05) is 42.0 Å². The third-order valence-corrected chi connectivity index (χ3v) is 6.20. The molecule has 3 aliphatic carbocycles. The fraction of sp³-hybridized carbons (Fsp3) is 0.350.